The molecule has 2 fully saturated rings. The Morgan fingerprint density at radius 3 is 2.44 bits per heavy atom. The number of benzene rings is 2. The van der Waals surface area contributed by atoms with Gasteiger partial charge >= 0.3 is 0 Å². The van der Waals surface area contributed by atoms with Gasteiger partial charge in [-0.3, -0.25) is 5.43 Å². The summed E-state index contributed by atoms with van der Waals surface area (Å²) >= 11 is 7.70. The summed E-state index contributed by atoms with van der Waals surface area (Å²) in [5.74, 6) is 4.12. The van der Waals surface area contributed by atoms with Crippen LogP contribution in [-0.4, -0.2) is 54.7 Å². The van der Waals surface area contributed by atoms with Gasteiger partial charge in [-0.1, -0.05) is 23.7 Å². The Labute approximate surface area is 221 Å². The van der Waals surface area contributed by atoms with Crippen LogP contribution in [-0.2, 0) is 0 Å². The van der Waals surface area contributed by atoms with Gasteiger partial charge < -0.3 is 14.5 Å². The van der Waals surface area contributed by atoms with Gasteiger partial charge in [0.25, 0.3) is 0 Å². The van der Waals surface area contributed by atoms with E-state index < -0.39 is 0 Å². The van der Waals surface area contributed by atoms with Gasteiger partial charge in [-0.15, -0.1) is 11.8 Å². The highest BCUT2D eigenvalue weighted by Gasteiger charge is 2.20. The zero-order valence-corrected chi connectivity index (χ0v) is 21.8. The van der Waals surface area contributed by atoms with E-state index in [-0.39, 0.29) is 0 Å². The molecule has 2 aliphatic heterocycles. The molecule has 5 rings (SSSR count). The summed E-state index contributed by atoms with van der Waals surface area (Å²) in [6.07, 6.45) is 6.58. The van der Waals surface area contributed by atoms with Crippen molar-refractivity contribution in [2.75, 3.05) is 53.8 Å². The van der Waals surface area contributed by atoms with E-state index in [4.69, 9.17) is 26.3 Å². The van der Waals surface area contributed by atoms with Crippen LogP contribution in [0.15, 0.2) is 64.6 Å². The largest absolute Gasteiger partial charge is 0.492 e. The highest BCUT2D eigenvalue weighted by molar-refractivity contribution is 7.99. The van der Waals surface area contributed by atoms with Crippen molar-refractivity contribution in [1.29, 1.82) is 0 Å². The van der Waals surface area contributed by atoms with Crippen molar-refractivity contribution in [2.24, 2.45) is 5.10 Å². The van der Waals surface area contributed by atoms with Crippen LogP contribution < -0.4 is 20.0 Å². The molecule has 3 aromatic rings. The van der Waals surface area contributed by atoms with Gasteiger partial charge in [0.15, 0.2) is 5.82 Å². The number of anilines is 3. The zero-order chi connectivity index (χ0) is 24.6. The summed E-state index contributed by atoms with van der Waals surface area (Å²) in [7, 11) is 0. The highest BCUT2D eigenvalue weighted by atomic mass is 35.5. The van der Waals surface area contributed by atoms with Crippen molar-refractivity contribution in [1.82, 2.24) is 9.97 Å². The van der Waals surface area contributed by atoms with Crippen molar-refractivity contribution in [3.8, 4) is 5.75 Å². The molecular formula is C27H31ClN6OS. The first kappa shape index (κ1) is 24.7. The Balaban J connectivity index is 1.22. The topological polar surface area (TPSA) is 65.9 Å². The Morgan fingerprint density at radius 2 is 1.67 bits per heavy atom. The number of thioether (sulfide) groups is 1. The molecule has 7 nitrogen and oxygen atoms in total. The summed E-state index contributed by atoms with van der Waals surface area (Å²) in [4.78, 5) is 15.4. The molecular weight excluding hydrogens is 492 g/mol. The van der Waals surface area contributed by atoms with Crippen LogP contribution >= 0.6 is 23.4 Å². The first-order valence-electron chi connectivity index (χ1n) is 12.5. The molecule has 0 unspecified atom stereocenters. The molecule has 1 aromatic heterocycles. The number of nitrogens with zero attached hydrogens (tertiary/aromatic N) is 5. The van der Waals surface area contributed by atoms with Crippen LogP contribution in [0, 0.1) is 0 Å². The van der Waals surface area contributed by atoms with Crippen LogP contribution in [0.2, 0.25) is 5.02 Å². The van der Waals surface area contributed by atoms with Crippen LogP contribution in [0.25, 0.3) is 0 Å². The third-order valence-corrected chi connectivity index (χ3v) is 7.47. The van der Waals surface area contributed by atoms with Gasteiger partial charge in [0.2, 0.25) is 5.95 Å². The maximum absolute atomic E-state index is 6.05. The monoisotopic (exact) mass is 522 g/mol. The van der Waals surface area contributed by atoms with E-state index in [0.717, 1.165) is 60.0 Å². The molecule has 0 amide bonds. The first-order valence-corrected chi connectivity index (χ1v) is 13.9. The maximum atomic E-state index is 6.05. The summed E-state index contributed by atoms with van der Waals surface area (Å²) in [5.41, 5.74) is 4.05. The summed E-state index contributed by atoms with van der Waals surface area (Å²) in [6.45, 7) is 4.69. The van der Waals surface area contributed by atoms with E-state index in [9.17, 15) is 0 Å². The number of ether oxygens (including phenoxy) is 1. The van der Waals surface area contributed by atoms with Crippen LogP contribution in [0.1, 0.15) is 31.2 Å². The molecule has 188 valence electrons. The van der Waals surface area contributed by atoms with Gasteiger partial charge in [-0.05, 0) is 62.1 Å². The summed E-state index contributed by atoms with van der Waals surface area (Å²) < 4.78 is 6.05. The standard InChI is InChI=1S/C27H31ClN6OS/c28-22-9-11-23(12-10-22)36-18-17-35-24-8-2-1-7-21(24)20-29-32-25-19-26(33-13-3-4-14-33)31-27(30-25)34-15-5-6-16-34/h1-2,7-12,19-20H,3-6,13-18H2,(H,30,31,32)/b29-20+. The molecule has 2 saturated heterocycles. The Hall–Kier alpha value is -2.97. The van der Waals surface area contributed by atoms with E-state index >= 15 is 0 Å². The van der Waals surface area contributed by atoms with Crippen LogP contribution in [0.3, 0.4) is 0 Å². The molecule has 0 atom stereocenters. The first-order chi connectivity index (χ1) is 17.7. The van der Waals surface area contributed by atoms with Gasteiger partial charge in [0.1, 0.15) is 11.6 Å². The van der Waals surface area contributed by atoms with Gasteiger partial charge in [-0.25, -0.2) is 0 Å². The van der Waals surface area contributed by atoms with Crippen molar-refractivity contribution >= 4 is 47.2 Å². The molecule has 1 N–H and O–H groups in total. The average molecular weight is 523 g/mol. The van der Waals surface area contributed by atoms with Crippen molar-refractivity contribution in [2.45, 2.75) is 30.6 Å². The lowest BCUT2D eigenvalue weighted by Crippen LogP contribution is -2.24. The van der Waals surface area contributed by atoms with E-state index in [1.807, 2.05) is 54.6 Å². The summed E-state index contributed by atoms with van der Waals surface area (Å²) in [5, 5.41) is 5.24. The quantitative estimate of drug-likeness (QED) is 0.153. The van der Waals surface area contributed by atoms with Gasteiger partial charge in [0, 0.05) is 53.5 Å². The SMILES string of the molecule is Clc1ccc(SCCOc2ccccc2/C=N/Nc2cc(N3CCCC3)nc(N3CCCC3)n2)cc1. The molecule has 0 spiro atoms. The molecule has 0 saturated carbocycles. The van der Waals surface area contributed by atoms with E-state index in [1.165, 1.54) is 30.6 Å². The minimum Gasteiger partial charge on any atom is -0.492 e. The van der Waals surface area contributed by atoms with Crippen molar-refractivity contribution < 1.29 is 4.74 Å². The second-order valence-corrected chi connectivity index (χ2v) is 10.5. The fourth-order valence-electron chi connectivity index (χ4n) is 4.37. The van der Waals surface area contributed by atoms with Gasteiger partial charge in [0.05, 0.1) is 12.8 Å². The van der Waals surface area contributed by atoms with Crippen LogP contribution in [0.4, 0.5) is 17.6 Å². The predicted molar refractivity (Wildman–Crippen MR) is 150 cm³/mol. The molecule has 0 bridgehead atoms. The Bertz CT molecular complexity index is 1130. The van der Waals surface area contributed by atoms with E-state index in [1.54, 1.807) is 18.0 Å². The van der Waals surface area contributed by atoms with E-state index in [2.05, 4.69) is 20.3 Å². The number of hydrazone groups is 1. The molecule has 36 heavy (non-hydrogen) atoms. The predicted octanol–water partition coefficient (Wildman–Crippen LogP) is 5.95. The molecule has 2 aliphatic rings. The number of nitrogens with one attached hydrogen (secondary N) is 1. The maximum Gasteiger partial charge on any atom is 0.229 e. The fourth-order valence-corrected chi connectivity index (χ4v) is 5.23. The third-order valence-electron chi connectivity index (χ3n) is 6.24. The minimum absolute atomic E-state index is 0.593. The number of hydrogen-bond acceptors (Lipinski definition) is 8. The normalized spacial score (nSPS) is 15.7. The lowest BCUT2D eigenvalue weighted by atomic mass is 10.2. The number of rotatable bonds is 10. The third kappa shape index (κ3) is 6.62. The number of hydrogen-bond donors (Lipinski definition) is 1. The minimum atomic E-state index is 0.593. The van der Waals surface area contributed by atoms with Gasteiger partial charge in [-0.2, -0.15) is 15.1 Å². The fraction of sp³-hybridized carbons (Fsp3) is 0.370. The molecule has 0 aliphatic carbocycles. The zero-order valence-electron chi connectivity index (χ0n) is 20.3. The molecule has 9 heteroatoms. The Morgan fingerprint density at radius 1 is 0.944 bits per heavy atom. The van der Waals surface area contributed by atoms with E-state index in [0.29, 0.717) is 12.4 Å². The number of halogens is 1. The second-order valence-electron chi connectivity index (χ2n) is 8.86. The van der Waals surface area contributed by atoms with Crippen LogP contribution in [0.5, 0.6) is 5.75 Å². The van der Waals surface area contributed by atoms with Crippen molar-refractivity contribution in [3.63, 3.8) is 0 Å². The second kappa shape index (κ2) is 12.3. The molecule has 2 aromatic carbocycles. The molecule has 3 heterocycles. The highest BCUT2D eigenvalue weighted by Crippen LogP contribution is 2.26. The number of aromatic nitrogens is 2. The molecule has 0 radical (unpaired) electrons. The number of para-hydroxylation sites is 1. The summed E-state index contributed by atoms with van der Waals surface area (Å²) in [6, 6.07) is 17.8. The lowest BCUT2D eigenvalue weighted by molar-refractivity contribution is 0.343. The Kier molecular flexibility index (Phi) is 8.46. The smallest absolute Gasteiger partial charge is 0.229 e. The average Bonchev–Trinajstić information content (AvgIpc) is 3.64. The lowest BCUT2D eigenvalue weighted by Gasteiger charge is -2.21. The van der Waals surface area contributed by atoms with Crippen molar-refractivity contribution in [3.05, 3.63) is 65.2 Å².